The molecule has 0 spiro atoms. The predicted octanol–water partition coefficient (Wildman–Crippen LogP) is 6.43. The third-order valence-corrected chi connectivity index (χ3v) is 7.93. The van der Waals surface area contributed by atoms with Crippen LogP contribution in [0.2, 0.25) is 0 Å². The van der Waals surface area contributed by atoms with Gasteiger partial charge in [-0.25, -0.2) is 4.79 Å². The number of halogens is 1. The van der Waals surface area contributed by atoms with E-state index in [0.29, 0.717) is 57.3 Å². The maximum Gasteiger partial charge on any atom is 0.336 e. The number of nitrogens with one attached hydrogen (secondary N) is 1. The van der Waals surface area contributed by atoms with Crippen LogP contribution in [0, 0.1) is 5.92 Å². The summed E-state index contributed by atoms with van der Waals surface area (Å²) < 4.78 is 28.7. The van der Waals surface area contributed by atoms with Crippen molar-refractivity contribution in [3.8, 4) is 23.0 Å². The van der Waals surface area contributed by atoms with E-state index in [2.05, 4.69) is 21.2 Å². The minimum absolute atomic E-state index is 0.0323. The molecule has 4 rings (SSSR count). The van der Waals surface area contributed by atoms with E-state index >= 15 is 0 Å². The summed E-state index contributed by atoms with van der Waals surface area (Å²) in [4.78, 5) is 27.6. The van der Waals surface area contributed by atoms with Crippen LogP contribution in [0.1, 0.15) is 63.5 Å². The third kappa shape index (κ3) is 6.25. The van der Waals surface area contributed by atoms with Gasteiger partial charge in [0.15, 0.2) is 28.8 Å². The lowest BCUT2D eigenvalue weighted by molar-refractivity contribution is -0.140. The normalized spacial score (nSPS) is 18.6. The largest absolute Gasteiger partial charge is 0.493 e. The van der Waals surface area contributed by atoms with Crippen molar-refractivity contribution >= 4 is 27.7 Å². The van der Waals surface area contributed by atoms with Crippen LogP contribution in [0.5, 0.6) is 23.0 Å². The van der Waals surface area contributed by atoms with Crippen molar-refractivity contribution in [2.24, 2.45) is 5.92 Å². The summed E-state index contributed by atoms with van der Waals surface area (Å²) in [5, 5.41) is 3.41. The van der Waals surface area contributed by atoms with Crippen LogP contribution in [0.3, 0.4) is 0 Å². The smallest absolute Gasteiger partial charge is 0.336 e. The van der Waals surface area contributed by atoms with Crippen LogP contribution in [-0.2, 0) is 14.3 Å². The average molecular weight is 629 g/mol. The van der Waals surface area contributed by atoms with Gasteiger partial charge in [0.2, 0.25) is 0 Å². The van der Waals surface area contributed by atoms with Gasteiger partial charge in [0.25, 0.3) is 0 Å². The number of carbonyl (C=O) groups is 2. The van der Waals surface area contributed by atoms with Crippen molar-refractivity contribution in [3.63, 3.8) is 0 Å². The first-order chi connectivity index (χ1) is 19.6. The summed E-state index contributed by atoms with van der Waals surface area (Å²) in [6, 6.07) is 9.49. The lowest BCUT2D eigenvalue weighted by Crippen LogP contribution is -2.36. The second-order valence-corrected chi connectivity index (χ2v) is 11.4. The van der Waals surface area contributed by atoms with Gasteiger partial charge in [-0.2, -0.15) is 0 Å². The van der Waals surface area contributed by atoms with Gasteiger partial charge in [-0.1, -0.05) is 19.9 Å². The SMILES string of the molecule is CCOc1cc([C@H]2C(C(=O)OCC(C)C)=C(C)NC3=C2C(=O)C[C@@H](c2ccc(OC)c(OC)c2)C3)cc(Br)c1OC. The first-order valence-corrected chi connectivity index (χ1v) is 14.6. The van der Waals surface area contributed by atoms with Gasteiger partial charge in [-0.15, -0.1) is 0 Å². The highest BCUT2D eigenvalue weighted by molar-refractivity contribution is 9.10. The van der Waals surface area contributed by atoms with E-state index in [1.165, 1.54) is 0 Å². The number of Topliss-reactive ketones (excluding diaryl/α,β-unsaturated/α-hetero) is 1. The van der Waals surface area contributed by atoms with Crippen LogP contribution in [0.4, 0.5) is 0 Å². The number of hydrogen-bond donors (Lipinski definition) is 1. The first-order valence-electron chi connectivity index (χ1n) is 13.8. The fourth-order valence-corrected chi connectivity index (χ4v) is 6.14. The summed E-state index contributed by atoms with van der Waals surface area (Å²) >= 11 is 3.61. The topological polar surface area (TPSA) is 92.3 Å². The molecule has 0 saturated heterocycles. The predicted molar refractivity (Wildman–Crippen MR) is 160 cm³/mol. The molecule has 0 unspecified atom stereocenters. The van der Waals surface area contributed by atoms with E-state index in [0.717, 1.165) is 16.8 Å². The van der Waals surface area contributed by atoms with Gasteiger partial charge in [0.1, 0.15) is 0 Å². The van der Waals surface area contributed by atoms with Gasteiger partial charge in [0, 0.05) is 29.3 Å². The maximum atomic E-state index is 14.0. The van der Waals surface area contributed by atoms with Gasteiger partial charge >= 0.3 is 5.97 Å². The molecule has 2 aromatic carbocycles. The molecule has 1 aliphatic carbocycles. The molecule has 2 aromatic rings. The zero-order valence-electron chi connectivity index (χ0n) is 24.7. The Morgan fingerprint density at radius 1 is 1.00 bits per heavy atom. The highest BCUT2D eigenvalue weighted by Crippen LogP contribution is 2.49. The number of hydrogen-bond acceptors (Lipinski definition) is 8. The van der Waals surface area contributed by atoms with E-state index in [-0.39, 0.29) is 30.6 Å². The van der Waals surface area contributed by atoms with Gasteiger partial charge in [-0.05, 0) is 83.4 Å². The Morgan fingerprint density at radius 2 is 1.71 bits per heavy atom. The summed E-state index contributed by atoms with van der Waals surface area (Å²) in [6.45, 7) is 8.42. The van der Waals surface area contributed by atoms with Gasteiger partial charge < -0.3 is 29.0 Å². The summed E-state index contributed by atoms with van der Waals surface area (Å²) in [7, 11) is 4.77. The highest BCUT2D eigenvalue weighted by atomic mass is 79.9. The fraction of sp³-hybridized carbons (Fsp3) is 0.438. The Hall–Kier alpha value is -3.46. The van der Waals surface area contributed by atoms with E-state index < -0.39 is 11.9 Å². The number of ketones is 1. The summed E-state index contributed by atoms with van der Waals surface area (Å²) in [5.74, 6) is 1.31. The molecule has 9 heteroatoms. The van der Waals surface area contributed by atoms with Crippen molar-refractivity contribution < 1.29 is 33.3 Å². The number of benzene rings is 2. The Labute approximate surface area is 250 Å². The van der Waals surface area contributed by atoms with Crippen LogP contribution >= 0.6 is 15.9 Å². The third-order valence-electron chi connectivity index (χ3n) is 7.34. The summed E-state index contributed by atoms with van der Waals surface area (Å²) in [5.41, 5.74) is 4.17. The molecule has 0 radical (unpaired) electrons. The molecule has 8 nitrogen and oxygen atoms in total. The lowest BCUT2D eigenvalue weighted by Gasteiger charge is -2.37. The van der Waals surface area contributed by atoms with Crippen molar-refractivity contribution in [3.05, 3.63) is 68.5 Å². The number of methoxy groups -OCH3 is 3. The Bertz CT molecular complexity index is 1390. The second kappa shape index (κ2) is 13.0. The van der Waals surface area contributed by atoms with Crippen molar-refractivity contribution in [1.29, 1.82) is 0 Å². The molecule has 2 atom stereocenters. The fourth-order valence-electron chi connectivity index (χ4n) is 5.52. The minimum Gasteiger partial charge on any atom is -0.493 e. The standard InChI is InChI=1S/C32H38BrNO7/c1-8-40-27-15-21(11-22(33)31(27)39-7)29-28(32(36)41-16-17(2)3)18(4)34-23-12-20(13-24(35)30(23)29)19-9-10-25(37-5)26(14-19)38-6/h9-11,14-15,17,20,29,34H,8,12-13,16H2,1-7H3/t20-,29-/m0/s1. The van der Waals surface area contributed by atoms with E-state index in [4.69, 9.17) is 23.7 Å². The zero-order valence-corrected chi connectivity index (χ0v) is 26.3. The Balaban J connectivity index is 1.83. The van der Waals surface area contributed by atoms with Gasteiger partial charge in [-0.3, -0.25) is 4.79 Å². The summed E-state index contributed by atoms with van der Waals surface area (Å²) in [6.07, 6.45) is 0.879. The Kier molecular flexibility index (Phi) is 9.68. The molecule has 41 heavy (non-hydrogen) atoms. The molecule has 1 N–H and O–H groups in total. The van der Waals surface area contributed by atoms with Crippen LogP contribution in [0.15, 0.2) is 57.3 Å². The molecule has 0 saturated carbocycles. The zero-order chi connectivity index (χ0) is 29.8. The number of ether oxygens (including phenoxy) is 5. The van der Waals surface area contributed by atoms with E-state index in [9.17, 15) is 9.59 Å². The van der Waals surface area contributed by atoms with Crippen molar-refractivity contribution in [2.75, 3.05) is 34.5 Å². The lowest BCUT2D eigenvalue weighted by atomic mass is 9.71. The van der Waals surface area contributed by atoms with Crippen molar-refractivity contribution in [1.82, 2.24) is 5.32 Å². The van der Waals surface area contributed by atoms with E-state index in [1.54, 1.807) is 21.3 Å². The molecule has 1 heterocycles. The Morgan fingerprint density at radius 3 is 2.34 bits per heavy atom. The van der Waals surface area contributed by atoms with Gasteiger partial charge in [0.05, 0.1) is 44.6 Å². The molecule has 0 amide bonds. The molecule has 220 valence electrons. The number of rotatable bonds is 10. The number of allylic oxidation sites excluding steroid dienone is 3. The molecule has 0 bridgehead atoms. The second-order valence-electron chi connectivity index (χ2n) is 10.6. The minimum atomic E-state index is -0.633. The monoisotopic (exact) mass is 627 g/mol. The first kappa shape index (κ1) is 30.5. The molecular weight excluding hydrogens is 590 g/mol. The molecule has 0 aromatic heterocycles. The quantitative estimate of drug-likeness (QED) is 0.301. The van der Waals surface area contributed by atoms with E-state index in [1.807, 2.05) is 58.0 Å². The number of esters is 1. The average Bonchev–Trinajstić information content (AvgIpc) is 2.94. The molecule has 2 aliphatic rings. The molecule has 0 fully saturated rings. The van der Waals surface area contributed by atoms with Crippen molar-refractivity contribution in [2.45, 2.75) is 52.4 Å². The molecule has 1 aliphatic heterocycles. The number of carbonyl (C=O) groups excluding carboxylic acids is 2. The molecular formula is C32H38BrNO7. The highest BCUT2D eigenvalue weighted by Gasteiger charge is 2.42. The van der Waals surface area contributed by atoms with Crippen LogP contribution < -0.4 is 24.3 Å². The maximum absolute atomic E-state index is 14.0. The number of dihydropyridines is 1. The van der Waals surface area contributed by atoms with Crippen LogP contribution in [-0.4, -0.2) is 46.3 Å². The van der Waals surface area contributed by atoms with Crippen LogP contribution in [0.25, 0.3) is 0 Å².